The summed E-state index contributed by atoms with van der Waals surface area (Å²) in [6.45, 7) is 4.84. The Balaban J connectivity index is 2.59. The van der Waals surface area contributed by atoms with Crippen LogP contribution in [0.25, 0.3) is 0 Å². The van der Waals surface area contributed by atoms with Crippen LogP contribution >= 0.6 is 31.9 Å². The normalized spacial score (nSPS) is 12.5. The number of rotatable bonds is 6. The number of carbonyl (C=O) groups is 1. The monoisotopic (exact) mass is 390 g/mol. The number of nitrogens with one attached hydrogen (secondary N) is 1. The van der Waals surface area contributed by atoms with Crippen LogP contribution in [0.3, 0.4) is 0 Å². The molecule has 5 heteroatoms. The lowest BCUT2D eigenvalue weighted by Gasteiger charge is -2.17. The largest absolute Gasteiger partial charge is 0.330 e. The highest BCUT2D eigenvalue weighted by Crippen LogP contribution is 2.26. The third kappa shape index (κ3) is 6.06. The average Bonchev–Trinajstić information content (AvgIpc) is 2.31. The van der Waals surface area contributed by atoms with Gasteiger partial charge in [0.15, 0.2) is 0 Å². The van der Waals surface area contributed by atoms with Crippen LogP contribution in [-0.4, -0.2) is 12.5 Å². The van der Waals surface area contributed by atoms with Gasteiger partial charge in [-0.05, 0) is 58.9 Å². The summed E-state index contributed by atoms with van der Waals surface area (Å²) < 4.78 is 1.83. The number of carbonyl (C=O) groups excluding carboxylic acids is 1. The van der Waals surface area contributed by atoms with Crippen molar-refractivity contribution in [3.05, 3.63) is 27.1 Å². The molecule has 1 atom stereocenters. The Morgan fingerprint density at radius 1 is 1.37 bits per heavy atom. The van der Waals surface area contributed by atoms with Gasteiger partial charge in [0.05, 0.1) is 5.69 Å². The highest BCUT2D eigenvalue weighted by Gasteiger charge is 2.15. The van der Waals surface area contributed by atoms with E-state index in [0.717, 1.165) is 21.1 Å². The van der Waals surface area contributed by atoms with Gasteiger partial charge >= 0.3 is 0 Å². The van der Waals surface area contributed by atoms with E-state index in [2.05, 4.69) is 51.0 Å². The molecule has 0 saturated carbocycles. The maximum absolute atomic E-state index is 12.0. The average molecular weight is 392 g/mol. The van der Waals surface area contributed by atoms with Crippen molar-refractivity contribution in [2.24, 2.45) is 17.6 Å². The summed E-state index contributed by atoms with van der Waals surface area (Å²) in [6.07, 6.45) is 1.45. The number of amides is 1. The number of nitrogens with two attached hydrogens (primary N) is 1. The second-order valence-electron chi connectivity index (χ2n) is 5.11. The molecule has 0 fully saturated rings. The predicted octanol–water partition coefficient (Wildman–Crippen LogP) is 4.16. The SMILES string of the molecule is CC(C)CC(CN)CC(=O)Nc1ccc(Br)cc1Br. The molecular weight excluding hydrogens is 372 g/mol. The van der Waals surface area contributed by atoms with Gasteiger partial charge in [-0.1, -0.05) is 29.8 Å². The molecule has 1 aromatic rings. The van der Waals surface area contributed by atoms with Crippen LogP contribution in [0, 0.1) is 11.8 Å². The Kier molecular flexibility index (Phi) is 7.04. The molecular formula is C14H20Br2N2O. The van der Waals surface area contributed by atoms with Crippen LogP contribution in [0.15, 0.2) is 27.1 Å². The fourth-order valence-corrected chi connectivity index (χ4v) is 3.13. The summed E-state index contributed by atoms with van der Waals surface area (Å²) in [5.74, 6) is 0.814. The highest BCUT2D eigenvalue weighted by molar-refractivity contribution is 9.11. The quantitative estimate of drug-likeness (QED) is 0.764. The molecule has 1 amide bonds. The fraction of sp³-hybridized carbons (Fsp3) is 0.500. The van der Waals surface area contributed by atoms with Gasteiger partial charge in [0, 0.05) is 15.4 Å². The predicted molar refractivity (Wildman–Crippen MR) is 87.1 cm³/mol. The summed E-state index contributed by atoms with van der Waals surface area (Å²) in [5, 5.41) is 2.91. The molecule has 3 N–H and O–H groups in total. The molecule has 3 nitrogen and oxygen atoms in total. The fourth-order valence-electron chi connectivity index (χ4n) is 1.98. The van der Waals surface area contributed by atoms with Crippen LogP contribution in [0.4, 0.5) is 5.69 Å². The first-order valence-electron chi connectivity index (χ1n) is 6.37. The zero-order chi connectivity index (χ0) is 14.4. The molecule has 0 bridgehead atoms. The van der Waals surface area contributed by atoms with Crippen molar-refractivity contribution >= 4 is 43.5 Å². The summed E-state index contributed by atoms with van der Waals surface area (Å²) in [4.78, 5) is 12.0. The maximum atomic E-state index is 12.0. The molecule has 1 unspecified atom stereocenters. The molecule has 0 spiro atoms. The zero-order valence-corrected chi connectivity index (χ0v) is 14.4. The Hall–Kier alpha value is -0.390. The lowest BCUT2D eigenvalue weighted by Crippen LogP contribution is -2.23. The lowest BCUT2D eigenvalue weighted by atomic mass is 9.94. The van der Waals surface area contributed by atoms with Gasteiger partial charge in [-0.2, -0.15) is 0 Å². The molecule has 0 aliphatic rings. The molecule has 0 radical (unpaired) electrons. The number of anilines is 1. The first-order valence-corrected chi connectivity index (χ1v) is 7.96. The van der Waals surface area contributed by atoms with Crippen LogP contribution in [0.1, 0.15) is 26.7 Å². The summed E-state index contributed by atoms with van der Waals surface area (Å²) in [5.41, 5.74) is 6.50. The first-order chi connectivity index (χ1) is 8.92. The summed E-state index contributed by atoms with van der Waals surface area (Å²) in [6, 6.07) is 5.67. The van der Waals surface area contributed by atoms with Crippen LogP contribution in [-0.2, 0) is 4.79 Å². The number of hydrogen-bond acceptors (Lipinski definition) is 2. The Morgan fingerprint density at radius 2 is 2.05 bits per heavy atom. The van der Waals surface area contributed by atoms with Gasteiger partial charge in [-0.15, -0.1) is 0 Å². The van der Waals surface area contributed by atoms with Crippen molar-refractivity contribution in [3.63, 3.8) is 0 Å². The number of benzene rings is 1. The van der Waals surface area contributed by atoms with Gasteiger partial charge in [-0.3, -0.25) is 4.79 Å². The second kappa shape index (κ2) is 8.02. The second-order valence-corrected chi connectivity index (χ2v) is 6.88. The Bertz CT molecular complexity index is 435. The Labute approximate surface area is 131 Å². The topological polar surface area (TPSA) is 55.1 Å². The van der Waals surface area contributed by atoms with Gasteiger partial charge in [-0.25, -0.2) is 0 Å². The third-order valence-electron chi connectivity index (χ3n) is 2.82. The molecule has 1 rings (SSSR count). The molecule has 0 aliphatic carbocycles. The summed E-state index contributed by atoms with van der Waals surface area (Å²) >= 11 is 6.81. The van der Waals surface area contributed by atoms with Crippen molar-refractivity contribution in [2.45, 2.75) is 26.7 Å². The van der Waals surface area contributed by atoms with E-state index in [-0.39, 0.29) is 11.8 Å². The number of halogens is 2. The van der Waals surface area contributed by atoms with Crippen LogP contribution in [0.5, 0.6) is 0 Å². The van der Waals surface area contributed by atoms with E-state index >= 15 is 0 Å². The van der Waals surface area contributed by atoms with E-state index in [9.17, 15) is 4.79 Å². The third-order valence-corrected chi connectivity index (χ3v) is 3.97. The van der Waals surface area contributed by atoms with Crippen molar-refractivity contribution in [1.29, 1.82) is 0 Å². The first kappa shape index (κ1) is 16.7. The minimum atomic E-state index is 0.0131. The minimum Gasteiger partial charge on any atom is -0.330 e. The molecule has 0 heterocycles. The Morgan fingerprint density at radius 3 is 2.58 bits per heavy atom. The zero-order valence-electron chi connectivity index (χ0n) is 11.2. The van der Waals surface area contributed by atoms with Crippen molar-refractivity contribution in [3.8, 4) is 0 Å². The lowest BCUT2D eigenvalue weighted by molar-refractivity contribution is -0.117. The summed E-state index contributed by atoms with van der Waals surface area (Å²) in [7, 11) is 0. The van der Waals surface area contributed by atoms with E-state index < -0.39 is 0 Å². The van der Waals surface area contributed by atoms with Gasteiger partial charge in [0.25, 0.3) is 0 Å². The van der Waals surface area contributed by atoms with Crippen LogP contribution in [0.2, 0.25) is 0 Å². The molecule has 0 saturated heterocycles. The molecule has 0 aliphatic heterocycles. The van der Waals surface area contributed by atoms with E-state index in [1.54, 1.807) is 0 Å². The molecule has 0 aromatic heterocycles. The van der Waals surface area contributed by atoms with Crippen molar-refractivity contribution in [1.82, 2.24) is 0 Å². The van der Waals surface area contributed by atoms with Gasteiger partial charge in [0.2, 0.25) is 5.91 Å². The smallest absolute Gasteiger partial charge is 0.224 e. The highest BCUT2D eigenvalue weighted by atomic mass is 79.9. The van der Waals surface area contributed by atoms with Crippen LogP contribution < -0.4 is 11.1 Å². The molecule has 19 heavy (non-hydrogen) atoms. The standard InChI is InChI=1S/C14H20Br2N2O/c1-9(2)5-10(8-17)6-14(19)18-13-4-3-11(15)7-12(13)16/h3-4,7,9-10H,5-6,8,17H2,1-2H3,(H,18,19). The van der Waals surface area contributed by atoms with E-state index in [0.29, 0.717) is 18.9 Å². The molecule has 1 aromatic carbocycles. The van der Waals surface area contributed by atoms with Crippen molar-refractivity contribution in [2.75, 3.05) is 11.9 Å². The molecule has 106 valence electrons. The van der Waals surface area contributed by atoms with E-state index in [1.165, 1.54) is 0 Å². The van der Waals surface area contributed by atoms with E-state index in [4.69, 9.17) is 5.73 Å². The van der Waals surface area contributed by atoms with Gasteiger partial charge in [0.1, 0.15) is 0 Å². The van der Waals surface area contributed by atoms with Gasteiger partial charge < -0.3 is 11.1 Å². The van der Waals surface area contributed by atoms with Crippen molar-refractivity contribution < 1.29 is 4.79 Å². The van der Waals surface area contributed by atoms with E-state index in [1.807, 2.05) is 18.2 Å². The maximum Gasteiger partial charge on any atom is 0.224 e. The number of hydrogen-bond donors (Lipinski definition) is 2. The minimum absolute atomic E-state index is 0.0131.